The number of carbonyl (C=O) groups excluding carboxylic acids is 5. The average Bonchev–Trinajstić information content (AvgIpc) is 3.66. The molecule has 2 aromatic carbocycles. The lowest BCUT2D eigenvalue weighted by atomic mass is 9.98. The summed E-state index contributed by atoms with van der Waals surface area (Å²) in [5, 5.41) is 15.6. The molecule has 0 heterocycles. The number of phenols is 1. The van der Waals surface area contributed by atoms with E-state index in [1.54, 1.807) is 54.5 Å². The molecule has 47 heavy (non-hydrogen) atoms. The van der Waals surface area contributed by atoms with E-state index >= 15 is 0 Å². The van der Waals surface area contributed by atoms with E-state index in [0.717, 1.165) is 5.56 Å². The number of nitrogens with zero attached hydrogens (tertiary/aromatic N) is 1. The Hall–Kier alpha value is -4.61. The summed E-state index contributed by atoms with van der Waals surface area (Å²) < 4.78 is 11.0. The van der Waals surface area contributed by atoms with Gasteiger partial charge in [-0.3, -0.25) is 14.4 Å². The maximum absolute atomic E-state index is 14.5. The number of benzene rings is 2. The first-order valence-electron chi connectivity index (χ1n) is 15.7. The number of phenolic OH excluding ortho intramolecular Hbond substituents is 1. The molecule has 0 aromatic heterocycles. The normalized spacial score (nSPS) is 17.8. The molecule has 2 aromatic rings. The Labute approximate surface area is 276 Å². The smallest absolute Gasteiger partial charge is 0.408 e. The third kappa shape index (κ3) is 11.0. The zero-order valence-electron chi connectivity index (χ0n) is 28.5. The first kappa shape index (κ1) is 36.9. The Kier molecular flexibility index (Phi) is 11.7. The molecule has 0 bridgehead atoms. The van der Waals surface area contributed by atoms with Crippen LogP contribution in [0.5, 0.6) is 5.75 Å². The van der Waals surface area contributed by atoms with Crippen LogP contribution < -0.4 is 16.4 Å². The number of nitrogens with one attached hydrogen (secondary N) is 2. The summed E-state index contributed by atoms with van der Waals surface area (Å²) in [6.45, 7) is 13.7. The first-order valence-corrected chi connectivity index (χ1v) is 15.7. The maximum Gasteiger partial charge on any atom is 0.408 e. The van der Waals surface area contributed by atoms with Gasteiger partial charge in [-0.1, -0.05) is 43.3 Å². The Balaban J connectivity index is 2.10. The van der Waals surface area contributed by atoms with Crippen molar-refractivity contribution in [2.45, 2.75) is 110 Å². The van der Waals surface area contributed by atoms with E-state index < -0.39 is 71.6 Å². The molecule has 0 saturated heterocycles. The second-order valence-electron chi connectivity index (χ2n) is 14.1. The second-order valence-corrected chi connectivity index (χ2v) is 14.1. The van der Waals surface area contributed by atoms with Crippen molar-refractivity contribution in [1.29, 1.82) is 0 Å². The lowest BCUT2D eigenvalue weighted by molar-refractivity contribution is -0.159. The van der Waals surface area contributed by atoms with Crippen LogP contribution in [0.15, 0.2) is 48.5 Å². The molecule has 5 unspecified atom stereocenters. The van der Waals surface area contributed by atoms with Gasteiger partial charge in [0.15, 0.2) is 0 Å². The monoisotopic (exact) mass is 652 g/mol. The molecular weight excluding hydrogens is 604 g/mol. The number of amides is 4. The minimum Gasteiger partial charge on any atom is -0.508 e. The van der Waals surface area contributed by atoms with Crippen LogP contribution in [0, 0.1) is 12.8 Å². The number of ether oxygens (including phenoxy) is 2. The van der Waals surface area contributed by atoms with E-state index in [2.05, 4.69) is 10.6 Å². The Morgan fingerprint density at radius 3 is 2.04 bits per heavy atom. The molecule has 4 amide bonds. The van der Waals surface area contributed by atoms with Crippen LogP contribution in [-0.2, 0) is 35.1 Å². The van der Waals surface area contributed by atoms with Gasteiger partial charge >= 0.3 is 12.1 Å². The summed E-state index contributed by atoms with van der Waals surface area (Å²) in [6, 6.07) is 9.28. The van der Waals surface area contributed by atoms with Gasteiger partial charge in [0.1, 0.15) is 35.1 Å². The molecule has 0 aliphatic heterocycles. The van der Waals surface area contributed by atoms with Gasteiger partial charge in [-0.15, -0.1) is 0 Å². The summed E-state index contributed by atoms with van der Waals surface area (Å²) in [5.41, 5.74) is 5.33. The van der Waals surface area contributed by atoms with Crippen LogP contribution >= 0.6 is 0 Å². The molecule has 3 rings (SSSR count). The molecule has 1 fully saturated rings. The predicted molar refractivity (Wildman–Crippen MR) is 175 cm³/mol. The van der Waals surface area contributed by atoms with Crippen molar-refractivity contribution in [1.82, 2.24) is 15.5 Å². The summed E-state index contributed by atoms with van der Waals surface area (Å²) in [5.74, 6) is -2.96. The third-order valence-corrected chi connectivity index (χ3v) is 7.43. The van der Waals surface area contributed by atoms with Crippen LogP contribution in [-0.4, -0.2) is 69.1 Å². The van der Waals surface area contributed by atoms with Gasteiger partial charge in [0.2, 0.25) is 17.7 Å². The number of rotatable bonds is 12. The van der Waals surface area contributed by atoms with Crippen LogP contribution in [0.1, 0.15) is 84.0 Å². The highest BCUT2D eigenvalue weighted by Crippen LogP contribution is 2.41. The molecule has 5 N–H and O–H groups in total. The SMILES string of the molecule is Cc1cc(C(C(=O)NC(Cc2ccccc2)C(=O)OC(C)(C)C)N(C(=O)C(CC(N)=O)NC(=O)OC(C)(C)C)C2CC2C)ccc1O. The lowest BCUT2D eigenvalue weighted by Gasteiger charge is -2.36. The van der Waals surface area contributed by atoms with Crippen LogP contribution in [0.3, 0.4) is 0 Å². The van der Waals surface area contributed by atoms with E-state index in [-0.39, 0.29) is 18.1 Å². The van der Waals surface area contributed by atoms with Crippen LogP contribution in [0.2, 0.25) is 0 Å². The molecule has 1 aliphatic rings. The van der Waals surface area contributed by atoms with E-state index in [0.29, 0.717) is 17.5 Å². The fraction of sp³-hybridized carbons (Fsp3) is 0.514. The number of hydrogen-bond donors (Lipinski definition) is 4. The zero-order valence-corrected chi connectivity index (χ0v) is 28.5. The Morgan fingerprint density at radius 1 is 0.936 bits per heavy atom. The number of carbonyl (C=O) groups is 5. The standard InChI is InChI=1S/C35H48N4O8/c1-20-17-26(20)39(31(43)24(19-28(36)41)38-33(45)47-35(6,7)8)29(23-14-15-27(40)21(2)16-23)30(42)37-25(32(44)46-34(3,4)5)18-22-12-10-9-11-13-22/h9-16,20,24-26,29,40H,17-19H2,1-8H3,(H2,36,41)(H,37,42)(H,38,45). The number of hydrogen-bond acceptors (Lipinski definition) is 8. The molecular formula is C35H48N4O8. The summed E-state index contributed by atoms with van der Waals surface area (Å²) in [4.78, 5) is 68.6. The number of esters is 1. The minimum atomic E-state index is -1.45. The van der Waals surface area contributed by atoms with Gasteiger partial charge in [0, 0.05) is 12.5 Å². The van der Waals surface area contributed by atoms with Crippen LogP contribution in [0.25, 0.3) is 0 Å². The Bertz CT molecular complexity index is 1460. The molecule has 256 valence electrons. The number of nitrogens with two attached hydrogens (primary N) is 1. The zero-order chi connectivity index (χ0) is 35.3. The van der Waals surface area contributed by atoms with E-state index in [1.807, 2.05) is 37.3 Å². The fourth-order valence-corrected chi connectivity index (χ4v) is 5.16. The van der Waals surface area contributed by atoms with E-state index in [1.165, 1.54) is 17.0 Å². The average molecular weight is 653 g/mol. The molecule has 0 radical (unpaired) electrons. The predicted octanol–water partition coefficient (Wildman–Crippen LogP) is 3.82. The summed E-state index contributed by atoms with van der Waals surface area (Å²) >= 11 is 0. The van der Waals surface area contributed by atoms with Crippen molar-refractivity contribution in [2.24, 2.45) is 11.7 Å². The van der Waals surface area contributed by atoms with Gasteiger partial charge in [-0.05, 0) is 89.6 Å². The molecule has 1 saturated carbocycles. The highest BCUT2D eigenvalue weighted by atomic mass is 16.6. The van der Waals surface area contributed by atoms with Crippen molar-refractivity contribution >= 4 is 29.8 Å². The first-order chi connectivity index (χ1) is 21.8. The molecule has 1 aliphatic carbocycles. The highest BCUT2D eigenvalue weighted by Gasteiger charge is 2.49. The Morgan fingerprint density at radius 2 is 1.53 bits per heavy atom. The van der Waals surface area contributed by atoms with Gasteiger partial charge in [-0.25, -0.2) is 9.59 Å². The largest absolute Gasteiger partial charge is 0.508 e. The second kappa shape index (κ2) is 14.9. The van der Waals surface area contributed by atoms with E-state index in [9.17, 15) is 29.1 Å². The quantitative estimate of drug-likeness (QED) is 0.250. The van der Waals surface area contributed by atoms with Gasteiger partial charge < -0.3 is 35.8 Å². The number of primary amides is 1. The van der Waals surface area contributed by atoms with Crippen molar-refractivity contribution < 1.29 is 38.6 Å². The minimum absolute atomic E-state index is 0.0144. The maximum atomic E-state index is 14.5. The lowest BCUT2D eigenvalue weighted by Crippen LogP contribution is -2.56. The number of aromatic hydroxyl groups is 1. The molecule has 0 spiro atoms. The number of aryl methyl sites for hydroxylation is 1. The molecule has 5 atom stereocenters. The van der Waals surface area contributed by atoms with E-state index in [4.69, 9.17) is 15.2 Å². The highest BCUT2D eigenvalue weighted by molar-refractivity contribution is 5.96. The van der Waals surface area contributed by atoms with Gasteiger partial charge in [0.05, 0.1) is 6.42 Å². The summed E-state index contributed by atoms with van der Waals surface area (Å²) in [7, 11) is 0. The van der Waals surface area contributed by atoms with Gasteiger partial charge in [0.25, 0.3) is 0 Å². The van der Waals surface area contributed by atoms with Crippen molar-refractivity contribution in [3.8, 4) is 5.75 Å². The van der Waals surface area contributed by atoms with Crippen molar-refractivity contribution in [3.05, 3.63) is 65.2 Å². The van der Waals surface area contributed by atoms with Crippen LogP contribution in [0.4, 0.5) is 4.79 Å². The summed E-state index contributed by atoms with van der Waals surface area (Å²) in [6.07, 6.45) is -0.828. The fourth-order valence-electron chi connectivity index (χ4n) is 5.16. The molecule has 12 heteroatoms. The van der Waals surface area contributed by atoms with Crippen molar-refractivity contribution in [3.63, 3.8) is 0 Å². The molecule has 12 nitrogen and oxygen atoms in total. The topological polar surface area (TPSA) is 177 Å². The number of alkyl carbamates (subject to hydrolysis) is 1. The van der Waals surface area contributed by atoms with Crippen molar-refractivity contribution in [2.75, 3.05) is 0 Å². The third-order valence-electron chi connectivity index (χ3n) is 7.43. The van der Waals surface area contributed by atoms with Gasteiger partial charge in [-0.2, -0.15) is 0 Å².